The molecule has 0 bridgehead atoms. The fourth-order valence-electron chi connectivity index (χ4n) is 2.97. The summed E-state index contributed by atoms with van der Waals surface area (Å²) in [6.45, 7) is 3.65. The summed E-state index contributed by atoms with van der Waals surface area (Å²) in [7, 11) is 3.29. The number of ether oxygens (including phenoxy) is 2. The number of benzene rings is 1. The maximum absolute atomic E-state index is 12.3. The molecule has 1 aliphatic heterocycles. The standard InChI is InChI=1S/C16H21NO3/c1-10-6-13(10)16(18)17-5-4-11-7-14(19-2)15(20-3)8-12(11)9-17/h7-8,10,13H,4-6,9H2,1-3H3/t10-,13+/m0/s1. The molecule has 0 N–H and O–H groups in total. The molecule has 3 rings (SSSR count). The van der Waals surface area contributed by atoms with Crippen molar-refractivity contribution in [3.8, 4) is 11.5 Å². The number of amides is 1. The smallest absolute Gasteiger partial charge is 0.226 e. The lowest BCUT2D eigenvalue weighted by Gasteiger charge is -2.30. The van der Waals surface area contributed by atoms with Crippen LogP contribution >= 0.6 is 0 Å². The highest BCUT2D eigenvalue weighted by atomic mass is 16.5. The van der Waals surface area contributed by atoms with E-state index in [0.29, 0.717) is 18.4 Å². The Balaban J connectivity index is 1.82. The second kappa shape index (κ2) is 5.00. The van der Waals surface area contributed by atoms with Gasteiger partial charge in [0.2, 0.25) is 5.91 Å². The first-order chi connectivity index (χ1) is 9.63. The first-order valence-corrected chi connectivity index (χ1v) is 7.16. The van der Waals surface area contributed by atoms with E-state index in [4.69, 9.17) is 9.47 Å². The average molecular weight is 275 g/mol. The molecule has 1 aliphatic carbocycles. The minimum atomic E-state index is 0.261. The Bertz CT molecular complexity index is 541. The minimum absolute atomic E-state index is 0.261. The predicted octanol–water partition coefficient (Wildman–Crippen LogP) is 2.24. The maximum Gasteiger partial charge on any atom is 0.226 e. The van der Waals surface area contributed by atoms with Crippen molar-refractivity contribution in [2.24, 2.45) is 11.8 Å². The van der Waals surface area contributed by atoms with E-state index in [2.05, 4.69) is 6.92 Å². The molecule has 1 fully saturated rings. The molecule has 1 saturated carbocycles. The summed E-state index contributed by atoms with van der Waals surface area (Å²) >= 11 is 0. The Morgan fingerprint density at radius 3 is 2.35 bits per heavy atom. The van der Waals surface area contributed by atoms with Crippen LogP contribution in [0.15, 0.2) is 12.1 Å². The van der Waals surface area contributed by atoms with Gasteiger partial charge in [-0.05, 0) is 42.0 Å². The fraction of sp³-hybridized carbons (Fsp3) is 0.562. The molecule has 4 heteroatoms. The van der Waals surface area contributed by atoms with Gasteiger partial charge >= 0.3 is 0 Å². The number of carbonyl (C=O) groups excluding carboxylic acids is 1. The van der Waals surface area contributed by atoms with Gasteiger partial charge in [0, 0.05) is 19.0 Å². The molecule has 1 heterocycles. The van der Waals surface area contributed by atoms with Gasteiger partial charge in [-0.1, -0.05) is 6.92 Å². The molecule has 20 heavy (non-hydrogen) atoms. The lowest BCUT2D eigenvalue weighted by molar-refractivity contribution is -0.133. The van der Waals surface area contributed by atoms with Crippen molar-refractivity contribution in [3.63, 3.8) is 0 Å². The third-order valence-electron chi connectivity index (χ3n) is 4.46. The largest absolute Gasteiger partial charge is 0.493 e. The van der Waals surface area contributed by atoms with Crippen LogP contribution in [0.3, 0.4) is 0 Å². The molecule has 1 amide bonds. The molecule has 1 aromatic carbocycles. The van der Waals surface area contributed by atoms with Crippen molar-refractivity contribution < 1.29 is 14.3 Å². The summed E-state index contributed by atoms with van der Waals surface area (Å²) < 4.78 is 10.7. The van der Waals surface area contributed by atoms with Crippen molar-refractivity contribution in [1.29, 1.82) is 0 Å². The third kappa shape index (κ3) is 2.23. The van der Waals surface area contributed by atoms with Crippen molar-refractivity contribution in [3.05, 3.63) is 23.3 Å². The number of hydrogen-bond acceptors (Lipinski definition) is 3. The zero-order chi connectivity index (χ0) is 14.3. The lowest BCUT2D eigenvalue weighted by atomic mass is 9.98. The predicted molar refractivity (Wildman–Crippen MR) is 75.9 cm³/mol. The molecule has 1 aromatic rings. The van der Waals surface area contributed by atoms with E-state index >= 15 is 0 Å². The monoisotopic (exact) mass is 275 g/mol. The molecule has 0 unspecified atom stereocenters. The number of rotatable bonds is 3. The van der Waals surface area contributed by atoms with Gasteiger partial charge in [0.25, 0.3) is 0 Å². The topological polar surface area (TPSA) is 38.8 Å². The number of methoxy groups -OCH3 is 2. The van der Waals surface area contributed by atoms with Crippen molar-refractivity contribution >= 4 is 5.91 Å². The van der Waals surface area contributed by atoms with E-state index in [1.807, 2.05) is 17.0 Å². The minimum Gasteiger partial charge on any atom is -0.493 e. The van der Waals surface area contributed by atoms with Gasteiger partial charge in [-0.25, -0.2) is 0 Å². The van der Waals surface area contributed by atoms with E-state index in [9.17, 15) is 4.79 Å². The van der Waals surface area contributed by atoms with Gasteiger partial charge in [0.1, 0.15) is 0 Å². The number of fused-ring (bicyclic) bond motifs is 1. The van der Waals surface area contributed by atoms with E-state index in [0.717, 1.165) is 30.9 Å². The Labute approximate surface area is 119 Å². The molecule has 108 valence electrons. The average Bonchev–Trinajstić information content (AvgIpc) is 3.21. The Hall–Kier alpha value is -1.71. The molecule has 2 atom stereocenters. The van der Waals surface area contributed by atoms with Crippen LogP contribution in [0.4, 0.5) is 0 Å². The van der Waals surface area contributed by atoms with Crippen LogP contribution in [-0.4, -0.2) is 31.6 Å². The van der Waals surface area contributed by atoms with Crippen LogP contribution in [0.1, 0.15) is 24.5 Å². The van der Waals surface area contributed by atoms with Gasteiger partial charge < -0.3 is 14.4 Å². The van der Waals surface area contributed by atoms with Crippen molar-refractivity contribution in [2.75, 3.05) is 20.8 Å². The summed E-state index contributed by atoms with van der Waals surface area (Å²) in [5.41, 5.74) is 2.44. The quantitative estimate of drug-likeness (QED) is 0.849. The van der Waals surface area contributed by atoms with Gasteiger partial charge in [0.05, 0.1) is 14.2 Å². The maximum atomic E-state index is 12.3. The number of carbonyl (C=O) groups is 1. The van der Waals surface area contributed by atoms with Crippen LogP contribution in [-0.2, 0) is 17.8 Å². The SMILES string of the molecule is COc1cc2c(cc1OC)CN(C(=O)[C@@H]1C[C@@H]1C)CC2. The number of nitrogens with zero attached hydrogens (tertiary/aromatic N) is 1. The van der Waals surface area contributed by atoms with Crippen LogP contribution in [0, 0.1) is 11.8 Å². The van der Waals surface area contributed by atoms with E-state index in [1.54, 1.807) is 14.2 Å². The molecule has 2 aliphatic rings. The third-order valence-corrected chi connectivity index (χ3v) is 4.46. The van der Waals surface area contributed by atoms with Crippen LogP contribution in [0.5, 0.6) is 11.5 Å². The molecule has 0 spiro atoms. The van der Waals surface area contributed by atoms with Crippen LogP contribution < -0.4 is 9.47 Å². The van der Waals surface area contributed by atoms with E-state index in [1.165, 1.54) is 11.1 Å². The van der Waals surface area contributed by atoms with Gasteiger partial charge in [-0.2, -0.15) is 0 Å². The summed E-state index contributed by atoms with van der Waals surface area (Å²) in [6.07, 6.45) is 1.94. The normalized spacial score (nSPS) is 24.1. The van der Waals surface area contributed by atoms with Gasteiger partial charge in [0.15, 0.2) is 11.5 Å². The summed E-state index contributed by atoms with van der Waals surface area (Å²) in [5, 5.41) is 0. The second-order valence-corrected chi connectivity index (χ2v) is 5.81. The molecular weight excluding hydrogens is 254 g/mol. The van der Waals surface area contributed by atoms with Gasteiger partial charge in [-0.3, -0.25) is 4.79 Å². The fourth-order valence-corrected chi connectivity index (χ4v) is 2.97. The first kappa shape index (κ1) is 13.3. The zero-order valence-corrected chi connectivity index (χ0v) is 12.3. The summed E-state index contributed by atoms with van der Waals surface area (Å²) in [4.78, 5) is 14.3. The second-order valence-electron chi connectivity index (χ2n) is 5.81. The molecule has 0 radical (unpaired) electrons. The highest BCUT2D eigenvalue weighted by molar-refractivity contribution is 5.82. The Morgan fingerprint density at radius 1 is 1.20 bits per heavy atom. The molecule has 4 nitrogen and oxygen atoms in total. The highest BCUT2D eigenvalue weighted by Crippen LogP contribution is 2.40. The van der Waals surface area contributed by atoms with E-state index < -0.39 is 0 Å². The van der Waals surface area contributed by atoms with E-state index in [-0.39, 0.29) is 5.92 Å². The highest BCUT2D eigenvalue weighted by Gasteiger charge is 2.42. The lowest BCUT2D eigenvalue weighted by Crippen LogP contribution is -2.37. The van der Waals surface area contributed by atoms with Crippen molar-refractivity contribution in [2.45, 2.75) is 26.3 Å². The van der Waals surface area contributed by atoms with Crippen LogP contribution in [0.2, 0.25) is 0 Å². The van der Waals surface area contributed by atoms with Gasteiger partial charge in [-0.15, -0.1) is 0 Å². The zero-order valence-electron chi connectivity index (χ0n) is 12.3. The number of hydrogen-bond donors (Lipinski definition) is 0. The Morgan fingerprint density at radius 2 is 1.80 bits per heavy atom. The summed E-state index contributed by atoms with van der Waals surface area (Å²) in [5.74, 6) is 2.64. The van der Waals surface area contributed by atoms with Crippen molar-refractivity contribution in [1.82, 2.24) is 4.90 Å². The Kier molecular flexibility index (Phi) is 3.32. The molecule has 0 aromatic heterocycles. The summed E-state index contributed by atoms with van der Waals surface area (Å²) in [6, 6.07) is 4.04. The molecule has 0 saturated heterocycles. The molecular formula is C16H21NO3. The first-order valence-electron chi connectivity index (χ1n) is 7.16. The van der Waals surface area contributed by atoms with Crippen LogP contribution in [0.25, 0.3) is 0 Å².